The maximum atomic E-state index is 10.4. The molecule has 0 saturated carbocycles. The molecule has 0 amide bonds. The van der Waals surface area contributed by atoms with Crippen molar-refractivity contribution in [2.75, 3.05) is 13.1 Å². The van der Waals surface area contributed by atoms with Crippen LogP contribution in [0.5, 0.6) is 0 Å². The highest BCUT2D eigenvalue weighted by molar-refractivity contribution is 7.86. The molecule has 1 N–H and O–H groups in total. The molecule has 0 atom stereocenters. The Morgan fingerprint density at radius 1 is 1.33 bits per heavy atom. The van der Waals surface area contributed by atoms with Gasteiger partial charge in [0.25, 0.3) is 10.2 Å². The molecule has 5 heteroatoms. The molecule has 0 saturated heterocycles. The van der Waals surface area contributed by atoms with E-state index in [9.17, 15) is 8.42 Å². The van der Waals surface area contributed by atoms with Crippen molar-refractivity contribution in [1.82, 2.24) is 9.44 Å². The van der Waals surface area contributed by atoms with E-state index in [1.165, 1.54) is 0 Å². The molecule has 9 heavy (non-hydrogen) atoms. The third-order valence-corrected chi connectivity index (χ3v) is 2.24. The van der Waals surface area contributed by atoms with Crippen LogP contribution in [0.15, 0.2) is 0 Å². The summed E-state index contributed by atoms with van der Waals surface area (Å²) in [6, 6.07) is 0. The second-order valence-electron chi connectivity index (χ2n) is 1.59. The Balaban J connectivity index is 4.14. The van der Waals surface area contributed by atoms with E-state index in [1.807, 2.05) is 0 Å². The quantitative estimate of drug-likeness (QED) is 0.563. The summed E-state index contributed by atoms with van der Waals surface area (Å²) in [5.74, 6) is 0. The van der Waals surface area contributed by atoms with E-state index in [0.29, 0.717) is 13.1 Å². The molecule has 0 spiro atoms. The molecule has 4 nitrogen and oxygen atoms in total. The van der Waals surface area contributed by atoms with Gasteiger partial charge in [0.2, 0.25) is 0 Å². The van der Waals surface area contributed by atoms with E-state index in [4.69, 9.17) is 5.14 Å². The lowest BCUT2D eigenvalue weighted by Gasteiger charge is -2.12. The van der Waals surface area contributed by atoms with Gasteiger partial charge in [-0.15, -0.1) is 5.14 Å². The molecule has 0 fully saturated rings. The summed E-state index contributed by atoms with van der Waals surface area (Å²) in [6.07, 6.45) is 0. The van der Waals surface area contributed by atoms with E-state index in [0.717, 1.165) is 4.31 Å². The molecule has 0 heterocycles. The van der Waals surface area contributed by atoms with Gasteiger partial charge in [-0.1, -0.05) is 13.8 Å². The zero-order chi connectivity index (χ0) is 7.49. The first-order valence-electron chi connectivity index (χ1n) is 2.77. The van der Waals surface area contributed by atoms with Gasteiger partial charge in [-0.2, -0.15) is 12.7 Å². The second kappa shape index (κ2) is 3.14. The van der Waals surface area contributed by atoms with Crippen LogP contribution in [0.2, 0.25) is 0 Å². The zero-order valence-corrected chi connectivity index (χ0v) is 6.40. The van der Waals surface area contributed by atoms with Gasteiger partial charge >= 0.3 is 0 Å². The maximum Gasteiger partial charge on any atom is 0.293 e. The molecule has 0 aromatic rings. The Hall–Kier alpha value is -0.130. The van der Waals surface area contributed by atoms with E-state index in [1.54, 1.807) is 13.8 Å². The van der Waals surface area contributed by atoms with Gasteiger partial charge in [0, 0.05) is 13.1 Å². The summed E-state index contributed by atoms with van der Waals surface area (Å²) < 4.78 is 21.8. The molecule has 0 rings (SSSR count). The number of nitrogens with zero attached hydrogens (tertiary/aromatic N) is 1. The molecule has 55 valence electrons. The van der Waals surface area contributed by atoms with E-state index in [-0.39, 0.29) is 0 Å². The van der Waals surface area contributed by atoms with Gasteiger partial charge in [-0.25, -0.2) is 0 Å². The number of rotatable bonds is 3. The van der Waals surface area contributed by atoms with Crippen molar-refractivity contribution in [2.24, 2.45) is 0 Å². The molecule has 0 aliphatic heterocycles. The van der Waals surface area contributed by atoms with Gasteiger partial charge < -0.3 is 0 Å². The molecular formula is C4H11N2O2S. The van der Waals surface area contributed by atoms with E-state index < -0.39 is 10.2 Å². The molecule has 0 aliphatic rings. The maximum absolute atomic E-state index is 10.4. The molecule has 0 bridgehead atoms. The van der Waals surface area contributed by atoms with Crippen molar-refractivity contribution in [3.8, 4) is 0 Å². The minimum atomic E-state index is -3.68. The van der Waals surface area contributed by atoms with Gasteiger partial charge in [0.05, 0.1) is 0 Å². The lowest BCUT2D eigenvalue weighted by Crippen LogP contribution is -2.30. The van der Waals surface area contributed by atoms with Gasteiger partial charge in [0.15, 0.2) is 0 Å². The topological polar surface area (TPSA) is 61.2 Å². The van der Waals surface area contributed by atoms with Crippen LogP contribution in [0.25, 0.3) is 0 Å². The van der Waals surface area contributed by atoms with Gasteiger partial charge in [-0.05, 0) is 0 Å². The van der Waals surface area contributed by atoms with Crippen LogP contribution in [-0.4, -0.2) is 25.8 Å². The van der Waals surface area contributed by atoms with Crippen molar-refractivity contribution >= 4 is 10.2 Å². The second-order valence-corrected chi connectivity index (χ2v) is 3.06. The summed E-state index contributed by atoms with van der Waals surface area (Å²) in [5.41, 5.74) is 0. The highest BCUT2D eigenvalue weighted by Gasteiger charge is 2.11. The predicted octanol–water partition coefficient (Wildman–Crippen LogP) is -0.144. The Morgan fingerprint density at radius 2 is 1.67 bits per heavy atom. The Morgan fingerprint density at radius 3 is 1.67 bits per heavy atom. The third-order valence-electron chi connectivity index (χ3n) is 1.05. The monoisotopic (exact) mass is 151 g/mol. The van der Waals surface area contributed by atoms with Crippen LogP contribution in [-0.2, 0) is 10.2 Å². The molecule has 0 unspecified atom stereocenters. The summed E-state index contributed by atoms with van der Waals surface area (Å²) >= 11 is 0. The third kappa shape index (κ3) is 2.78. The van der Waals surface area contributed by atoms with Crippen LogP contribution in [0.4, 0.5) is 0 Å². The summed E-state index contributed by atoms with van der Waals surface area (Å²) in [4.78, 5) is 0. The first-order chi connectivity index (χ1) is 4.02. The van der Waals surface area contributed by atoms with Crippen LogP contribution in [0.1, 0.15) is 13.8 Å². The van der Waals surface area contributed by atoms with Crippen LogP contribution < -0.4 is 5.14 Å². The molecule has 0 aromatic carbocycles. The first-order valence-corrected chi connectivity index (χ1v) is 4.21. The highest BCUT2D eigenvalue weighted by atomic mass is 32.2. The average Bonchev–Trinajstić information content (AvgIpc) is 1.65. The molecule has 1 radical (unpaired) electrons. The van der Waals surface area contributed by atoms with Crippen molar-refractivity contribution in [3.05, 3.63) is 0 Å². The van der Waals surface area contributed by atoms with Crippen molar-refractivity contribution in [1.29, 1.82) is 0 Å². The van der Waals surface area contributed by atoms with Crippen molar-refractivity contribution in [3.63, 3.8) is 0 Å². The normalized spacial score (nSPS) is 12.4. The molecule has 0 aliphatic carbocycles. The Kier molecular flexibility index (Phi) is 3.10. The first kappa shape index (κ1) is 8.87. The van der Waals surface area contributed by atoms with Crippen LogP contribution in [0, 0.1) is 0 Å². The lowest BCUT2D eigenvalue weighted by atomic mass is 10.7. The number of nitrogens with one attached hydrogen (secondary N) is 1. The summed E-state index contributed by atoms with van der Waals surface area (Å²) in [5, 5.41) is 6.59. The van der Waals surface area contributed by atoms with E-state index >= 15 is 0 Å². The van der Waals surface area contributed by atoms with Crippen LogP contribution in [0.3, 0.4) is 0 Å². The van der Waals surface area contributed by atoms with Crippen molar-refractivity contribution in [2.45, 2.75) is 13.8 Å². The minimum Gasteiger partial charge on any atom is -0.194 e. The lowest BCUT2D eigenvalue weighted by molar-refractivity contribution is 0.445. The standard InChI is InChI=1S/C4H11N2O2S/c1-3-6(4-2)9(5,7)8/h5H,3-4H2,1-2H3. The predicted molar refractivity (Wildman–Crippen MR) is 34.9 cm³/mol. The SMILES string of the molecule is CCN(CC)S([NH])(=O)=O. The van der Waals surface area contributed by atoms with E-state index in [2.05, 4.69) is 0 Å². The van der Waals surface area contributed by atoms with Crippen LogP contribution >= 0.6 is 0 Å². The Labute approximate surface area is 55.8 Å². The summed E-state index contributed by atoms with van der Waals surface area (Å²) in [7, 11) is -3.68. The number of hydrogen-bond donors (Lipinski definition) is 0. The Bertz CT molecular complexity index is 159. The fraction of sp³-hybridized carbons (Fsp3) is 1.00. The smallest absolute Gasteiger partial charge is 0.194 e. The van der Waals surface area contributed by atoms with Gasteiger partial charge in [-0.3, -0.25) is 0 Å². The largest absolute Gasteiger partial charge is 0.293 e. The average molecular weight is 151 g/mol. The molecular weight excluding hydrogens is 140 g/mol. The fourth-order valence-electron chi connectivity index (χ4n) is 0.564. The van der Waals surface area contributed by atoms with Crippen molar-refractivity contribution < 1.29 is 8.42 Å². The number of hydrogen-bond acceptors (Lipinski definition) is 2. The van der Waals surface area contributed by atoms with Gasteiger partial charge in [0.1, 0.15) is 0 Å². The molecule has 0 aromatic heterocycles. The highest BCUT2D eigenvalue weighted by Crippen LogP contribution is 1.92. The summed E-state index contributed by atoms with van der Waals surface area (Å²) in [6.45, 7) is 4.16. The zero-order valence-electron chi connectivity index (χ0n) is 5.59. The minimum absolute atomic E-state index is 0.377. The fourth-order valence-corrected chi connectivity index (χ4v) is 1.24.